The molecule has 100 valence electrons. The third kappa shape index (κ3) is 4.53. The number of aryl methyl sites for hydroxylation is 2. The third-order valence-electron chi connectivity index (χ3n) is 3.00. The highest BCUT2D eigenvalue weighted by molar-refractivity contribution is 5.57. The van der Waals surface area contributed by atoms with E-state index in [0.717, 1.165) is 25.3 Å². The Hall–Kier alpha value is -1.28. The summed E-state index contributed by atoms with van der Waals surface area (Å²) in [7, 11) is 1.72. The SMILES string of the molecule is CCCNCC/C=C/c1cc(C)c(OC)cc1C. The lowest BCUT2D eigenvalue weighted by atomic mass is 10.0. The molecular weight excluding hydrogens is 222 g/mol. The lowest BCUT2D eigenvalue weighted by molar-refractivity contribution is 0.411. The molecule has 18 heavy (non-hydrogen) atoms. The first-order valence-electron chi connectivity index (χ1n) is 6.71. The molecule has 0 heterocycles. The molecule has 0 saturated heterocycles. The second-order valence-corrected chi connectivity index (χ2v) is 4.62. The molecule has 0 spiro atoms. The van der Waals surface area contributed by atoms with Gasteiger partial charge >= 0.3 is 0 Å². The van der Waals surface area contributed by atoms with E-state index in [-0.39, 0.29) is 0 Å². The fourth-order valence-electron chi connectivity index (χ4n) is 1.91. The van der Waals surface area contributed by atoms with Gasteiger partial charge in [0.25, 0.3) is 0 Å². The zero-order chi connectivity index (χ0) is 13.4. The maximum absolute atomic E-state index is 5.32. The Balaban J connectivity index is 2.56. The van der Waals surface area contributed by atoms with Gasteiger partial charge in [-0.2, -0.15) is 0 Å². The van der Waals surface area contributed by atoms with Crippen LogP contribution in [0.1, 0.15) is 36.5 Å². The molecule has 0 amide bonds. The molecule has 0 unspecified atom stereocenters. The molecule has 0 fully saturated rings. The molecule has 1 aromatic rings. The smallest absolute Gasteiger partial charge is 0.122 e. The number of nitrogens with one attached hydrogen (secondary N) is 1. The summed E-state index contributed by atoms with van der Waals surface area (Å²) in [6.07, 6.45) is 6.71. The summed E-state index contributed by atoms with van der Waals surface area (Å²) in [6.45, 7) is 8.55. The van der Waals surface area contributed by atoms with E-state index in [1.165, 1.54) is 23.1 Å². The van der Waals surface area contributed by atoms with Gasteiger partial charge in [0.15, 0.2) is 0 Å². The van der Waals surface area contributed by atoms with Gasteiger partial charge in [-0.1, -0.05) is 19.1 Å². The zero-order valence-electron chi connectivity index (χ0n) is 12.0. The first-order valence-corrected chi connectivity index (χ1v) is 6.71. The van der Waals surface area contributed by atoms with Gasteiger partial charge in [-0.3, -0.25) is 0 Å². The molecule has 1 N–H and O–H groups in total. The van der Waals surface area contributed by atoms with Crippen LogP contribution in [0.2, 0.25) is 0 Å². The third-order valence-corrected chi connectivity index (χ3v) is 3.00. The number of hydrogen-bond donors (Lipinski definition) is 1. The standard InChI is InChI=1S/C16H25NO/c1-5-9-17-10-7-6-8-15-11-14(3)16(18-4)12-13(15)2/h6,8,11-12,17H,5,7,9-10H2,1-4H3/b8-6+. The molecule has 0 aliphatic carbocycles. The summed E-state index contributed by atoms with van der Waals surface area (Å²) < 4.78 is 5.32. The van der Waals surface area contributed by atoms with Crippen molar-refractivity contribution in [3.05, 3.63) is 34.9 Å². The van der Waals surface area contributed by atoms with Gasteiger partial charge < -0.3 is 10.1 Å². The van der Waals surface area contributed by atoms with E-state index in [4.69, 9.17) is 4.74 Å². The number of methoxy groups -OCH3 is 1. The molecule has 0 radical (unpaired) electrons. The molecule has 0 bridgehead atoms. The zero-order valence-corrected chi connectivity index (χ0v) is 12.0. The van der Waals surface area contributed by atoms with E-state index in [1.807, 2.05) is 0 Å². The molecule has 2 heteroatoms. The van der Waals surface area contributed by atoms with Crippen LogP contribution in [0, 0.1) is 13.8 Å². The maximum Gasteiger partial charge on any atom is 0.122 e. The van der Waals surface area contributed by atoms with Crippen LogP contribution in [0.15, 0.2) is 18.2 Å². The van der Waals surface area contributed by atoms with Gasteiger partial charge in [0.1, 0.15) is 5.75 Å². The largest absolute Gasteiger partial charge is 0.496 e. The Morgan fingerprint density at radius 1 is 1.17 bits per heavy atom. The second kappa shape index (κ2) is 7.93. The number of benzene rings is 1. The van der Waals surface area contributed by atoms with Gasteiger partial charge in [0.2, 0.25) is 0 Å². The van der Waals surface area contributed by atoms with Crippen LogP contribution in [0.3, 0.4) is 0 Å². The number of ether oxygens (including phenoxy) is 1. The van der Waals surface area contributed by atoms with Crippen LogP contribution >= 0.6 is 0 Å². The van der Waals surface area contributed by atoms with Crippen LogP contribution in [-0.2, 0) is 0 Å². The summed E-state index contributed by atoms with van der Waals surface area (Å²) in [5.41, 5.74) is 3.73. The van der Waals surface area contributed by atoms with Crippen LogP contribution < -0.4 is 10.1 Å². The number of rotatable bonds is 7. The van der Waals surface area contributed by atoms with E-state index in [2.05, 4.69) is 50.4 Å². The number of hydrogen-bond acceptors (Lipinski definition) is 2. The van der Waals surface area contributed by atoms with E-state index in [1.54, 1.807) is 7.11 Å². The Kier molecular flexibility index (Phi) is 6.51. The summed E-state index contributed by atoms with van der Waals surface area (Å²) >= 11 is 0. The first-order chi connectivity index (χ1) is 8.69. The fraction of sp³-hybridized carbons (Fsp3) is 0.500. The van der Waals surface area contributed by atoms with Gasteiger partial charge in [-0.25, -0.2) is 0 Å². The maximum atomic E-state index is 5.32. The van der Waals surface area contributed by atoms with Gasteiger partial charge in [0, 0.05) is 0 Å². The Labute approximate surface area is 111 Å². The van der Waals surface area contributed by atoms with E-state index >= 15 is 0 Å². The van der Waals surface area contributed by atoms with Crippen LogP contribution in [0.25, 0.3) is 6.08 Å². The summed E-state index contributed by atoms with van der Waals surface area (Å²) in [5.74, 6) is 0.967. The predicted octanol–water partition coefficient (Wildman–Crippen LogP) is 3.71. The minimum atomic E-state index is 0.967. The molecule has 0 aliphatic heterocycles. The molecule has 0 aromatic heterocycles. The lowest BCUT2D eigenvalue weighted by Crippen LogP contribution is -2.14. The minimum absolute atomic E-state index is 0.967. The van der Waals surface area contributed by atoms with Crippen molar-refractivity contribution in [3.63, 3.8) is 0 Å². The van der Waals surface area contributed by atoms with Crippen molar-refractivity contribution < 1.29 is 4.74 Å². The van der Waals surface area contributed by atoms with Crippen LogP contribution in [0.5, 0.6) is 5.75 Å². The fourth-order valence-corrected chi connectivity index (χ4v) is 1.91. The molecule has 0 aliphatic rings. The summed E-state index contributed by atoms with van der Waals surface area (Å²) in [6, 6.07) is 4.29. The monoisotopic (exact) mass is 247 g/mol. The van der Waals surface area contributed by atoms with Crippen molar-refractivity contribution in [2.75, 3.05) is 20.2 Å². The van der Waals surface area contributed by atoms with Crippen LogP contribution in [0.4, 0.5) is 0 Å². The Morgan fingerprint density at radius 2 is 1.94 bits per heavy atom. The van der Waals surface area contributed by atoms with Crippen molar-refractivity contribution in [2.24, 2.45) is 0 Å². The van der Waals surface area contributed by atoms with Crippen molar-refractivity contribution >= 4 is 6.08 Å². The van der Waals surface area contributed by atoms with Crippen molar-refractivity contribution in [1.29, 1.82) is 0 Å². The molecule has 0 atom stereocenters. The highest BCUT2D eigenvalue weighted by Crippen LogP contribution is 2.23. The normalized spacial score (nSPS) is 11.1. The van der Waals surface area contributed by atoms with Crippen LogP contribution in [-0.4, -0.2) is 20.2 Å². The van der Waals surface area contributed by atoms with E-state index in [9.17, 15) is 0 Å². The topological polar surface area (TPSA) is 21.3 Å². The average Bonchev–Trinajstić information content (AvgIpc) is 2.37. The molecule has 2 nitrogen and oxygen atoms in total. The second-order valence-electron chi connectivity index (χ2n) is 4.62. The molecule has 1 rings (SSSR count). The van der Waals surface area contributed by atoms with Crippen molar-refractivity contribution in [1.82, 2.24) is 5.32 Å². The minimum Gasteiger partial charge on any atom is -0.496 e. The Morgan fingerprint density at radius 3 is 2.61 bits per heavy atom. The van der Waals surface area contributed by atoms with E-state index in [0.29, 0.717) is 0 Å². The Bertz CT molecular complexity index is 396. The van der Waals surface area contributed by atoms with Gasteiger partial charge in [-0.05, 0) is 68.6 Å². The van der Waals surface area contributed by atoms with Crippen molar-refractivity contribution in [2.45, 2.75) is 33.6 Å². The quantitative estimate of drug-likeness (QED) is 0.742. The van der Waals surface area contributed by atoms with E-state index < -0.39 is 0 Å². The van der Waals surface area contributed by atoms with Gasteiger partial charge in [0.05, 0.1) is 7.11 Å². The molecular formula is C16H25NO. The highest BCUT2D eigenvalue weighted by Gasteiger charge is 2.01. The predicted molar refractivity (Wildman–Crippen MR) is 79.3 cm³/mol. The lowest BCUT2D eigenvalue weighted by Gasteiger charge is -2.08. The van der Waals surface area contributed by atoms with Crippen molar-refractivity contribution in [3.8, 4) is 5.75 Å². The summed E-state index contributed by atoms with van der Waals surface area (Å²) in [4.78, 5) is 0. The highest BCUT2D eigenvalue weighted by atomic mass is 16.5. The molecule has 0 saturated carbocycles. The van der Waals surface area contributed by atoms with Gasteiger partial charge in [-0.15, -0.1) is 0 Å². The summed E-state index contributed by atoms with van der Waals surface area (Å²) in [5, 5.41) is 3.39. The average molecular weight is 247 g/mol. The first kappa shape index (κ1) is 14.8. The molecule has 1 aromatic carbocycles.